The highest BCUT2D eigenvalue weighted by atomic mass is 32.2. The SMILES string of the molecule is CN(C)c1cccc2c(S(=O)(=O)Nc3cccc(-c4csc(NC(=O)CCCNC(=O)O)n4)c3)cccc12. The van der Waals surface area contributed by atoms with Crippen molar-refractivity contribution in [2.24, 2.45) is 0 Å². The van der Waals surface area contributed by atoms with Crippen LogP contribution in [0.3, 0.4) is 0 Å². The molecule has 12 heteroatoms. The maximum Gasteiger partial charge on any atom is 0.404 e. The third kappa shape index (κ3) is 6.39. The smallest absolute Gasteiger partial charge is 0.404 e. The third-order valence-corrected chi connectivity index (χ3v) is 7.85. The lowest BCUT2D eigenvalue weighted by Gasteiger charge is -2.17. The van der Waals surface area contributed by atoms with Crippen molar-refractivity contribution in [3.05, 3.63) is 66.0 Å². The predicted octanol–water partition coefficient (Wildman–Crippen LogP) is 4.82. The number of amides is 2. The van der Waals surface area contributed by atoms with Gasteiger partial charge in [0.05, 0.1) is 10.6 Å². The zero-order valence-electron chi connectivity index (χ0n) is 20.8. The first-order valence-corrected chi connectivity index (χ1v) is 14.0. The minimum atomic E-state index is -3.89. The van der Waals surface area contributed by atoms with Crippen LogP contribution in [0.5, 0.6) is 0 Å². The van der Waals surface area contributed by atoms with Gasteiger partial charge in [-0.1, -0.05) is 36.4 Å². The summed E-state index contributed by atoms with van der Waals surface area (Å²) in [6, 6.07) is 17.7. The largest absolute Gasteiger partial charge is 0.465 e. The van der Waals surface area contributed by atoms with E-state index in [0.717, 1.165) is 11.1 Å². The number of hydrogen-bond acceptors (Lipinski definition) is 7. The van der Waals surface area contributed by atoms with Crippen molar-refractivity contribution in [1.82, 2.24) is 10.3 Å². The summed E-state index contributed by atoms with van der Waals surface area (Å²) in [5.41, 5.74) is 2.57. The molecule has 4 aromatic rings. The molecule has 0 atom stereocenters. The molecule has 0 saturated heterocycles. The van der Waals surface area contributed by atoms with Crippen molar-refractivity contribution in [2.75, 3.05) is 35.6 Å². The number of carboxylic acid groups (broad SMARTS) is 1. The topological polar surface area (TPSA) is 141 Å². The number of aromatic nitrogens is 1. The van der Waals surface area contributed by atoms with E-state index >= 15 is 0 Å². The summed E-state index contributed by atoms with van der Waals surface area (Å²) in [5, 5.41) is 17.1. The predicted molar refractivity (Wildman–Crippen MR) is 151 cm³/mol. The Balaban J connectivity index is 1.49. The van der Waals surface area contributed by atoms with Gasteiger partial charge in [-0.25, -0.2) is 18.2 Å². The molecular weight excluding hydrogens is 526 g/mol. The number of rotatable bonds is 10. The highest BCUT2D eigenvalue weighted by Gasteiger charge is 2.19. The minimum Gasteiger partial charge on any atom is -0.465 e. The van der Waals surface area contributed by atoms with E-state index in [4.69, 9.17) is 5.11 Å². The number of nitrogens with zero attached hydrogens (tertiary/aromatic N) is 2. The minimum absolute atomic E-state index is 0.149. The monoisotopic (exact) mass is 553 g/mol. The van der Waals surface area contributed by atoms with Gasteiger partial charge in [0.15, 0.2) is 5.13 Å². The number of anilines is 3. The van der Waals surface area contributed by atoms with Gasteiger partial charge in [0.2, 0.25) is 5.91 Å². The van der Waals surface area contributed by atoms with Crippen molar-refractivity contribution in [2.45, 2.75) is 17.7 Å². The van der Waals surface area contributed by atoms with Crippen LogP contribution < -0.4 is 20.3 Å². The first-order valence-electron chi connectivity index (χ1n) is 11.7. The van der Waals surface area contributed by atoms with Gasteiger partial charge in [-0.05, 0) is 30.7 Å². The van der Waals surface area contributed by atoms with Crippen LogP contribution in [0.4, 0.5) is 21.3 Å². The van der Waals surface area contributed by atoms with Gasteiger partial charge in [-0.3, -0.25) is 9.52 Å². The number of carbonyl (C=O) groups is 2. The van der Waals surface area contributed by atoms with E-state index in [-0.39, 0.29) is 23.8 Å². The van der Waals surface area contributed by atoms with Gasteiger partial charge < -0.3 is 20.6 Å². The van der Waals surface area contributed by atoms with E-state index in [1.165, 1.54) is 11.3 Å². The molecule has 3 aromatic carbocycles. The average Bonchev–Trinajstić information content (AvgIpc) is 3.34. The third-order valence-electron chi connectivity index (χ3n) is 5.65. The van der Waals surface area contributed by atoms with Crippen LogP contribution in [0.25, 0.3) is 22.0 Å². The Hall–Kier alpha value is -4.16. The normalized spacial score (nSPS) is 11.2. The fraction of sp³-hybridized carbons (Fsp3) is 0.192. The lowest BCUT2D eigenvalue weighted by Crippen LogP contribution is -2.23. The fourth-order valence-corrected chi connectivity index (χ4v) is 5.94. The van der Waals surface area contributed by atoms with E-state index in [1.807, 2.05) is 37.2 Å². The Morgan fingerprint density at radius 1 is 1.03 bits per heavy atom. The molecule has 198 valence electrons. The average molecular weight is 554 g/mol. The van der Waals surface area contributed by atoms with Gasteiger partial charge >= 0.3 is 6.09 Å². The maximum absolute atomic E-state index is 13.4. The quantitative estimate of drug-likeness (QED) is 0.206. The first-order chi connectivity index (χ1) is 18.1. The van der Waals surface area contributed by atoms with Crippen molar-refractivity contribution in [3.63, 3.8) is 0 Å². The van der Waals surface area contributed by atoms with E-state index in [2.05, 4.69) is 20.3 Å². The Morgan fingerprint density at radius 3 is 2.53 bits per heavy atom. The highest BCUT2D eigenvalue weighted by molar-refractivity contribution is 7.93. The van der Waals surface area contributed by atoms with Crippen molar-refractivity contribution in [1.29, 1.82) is 0 Å². The van der Waals surface area contributed by atoms with Crippen LogP contribution in [0.15, 0.2) is 70.9 Å². The van der Waals surface area contributed by atoms with Crippen LogP contribution in [0.2, 0.25) is 0 Å². The lowest BCUT2D eigenvalue weighted by molar-refractivity contribution is -0.116. The number of fused-ring (bicyclic) bond motifs is 1. The second kappa shape index (κ2) is 11.5. The summed E-state index contributed by atoms with van der Waals surface area (Å²) in [6.45, 7) is 0.185. The zero-order chi connectivity index (χ0) is 27.3. The van der Waals surface area contributed by atoms with Crippen LogP contribution in [-0.2, 0) is 14.8 Å². The first kappa shape index (κ1) is 26.9. The summed E-state index contributed by atoms with van der Waals surface area (Å²) >= 11 is 1.24. The molecule has 0 aliphatic heterocycles. The second-order valence-electron chi connectivity index (χ2n) is 8.63. The number of hydrogen-bond donors (Lipinski definition) is 4. The summed E-state index contributed by atoms with van der Waals surface area (Å²) in [6.07, 6.45) is -0.613. The summed E-state index contributed by atoms with van der Waals surface area (Å²) in [7, 11) is -0.0704. The number of nitrogens with one attached hydrogen (secondary N) is 3. The van der Waals surface area contributed by atoms with Crippen LogP contribution in [0.1, 0.15) is 12.8 Å². The van der Waals surface area contributed by atoms with Crippen LogP contribution in [-0.4, -0.2) is 51.1 Å². The Bertz CT molecular complexity index is 1580. The Morgan fingerprint density at radius 2 is 1.76 bits per heavy atom. The van der Waals surface area contributed by atoms with Crippen LogP contribution >= 0.6 is 11.3 Å². The molecular formula is C26H27N5O5S2. The van der Waals surface area contributed by atoms with Gasteiger partial charge in [0.25, 0.3) is 10.0 Å². The summed E-state index contributed by atoms with van der Waals surface area (Å²) in [5.74, 6) is -0.271. The molecule has 1 aromatic heterocycles. The zero-order valence-corrected chi connectivity index (χ0v) is 22.4. The molecule has 1 heterocycles. The van der Waals surface area contributed by atoms with E-state index < -0.39 is 16.1 Å². The fourth-order valence-electron chi connectivity index (χ4n) is 3.93. The molecule has 0 spiro atoms. The molecule has 38 heavy (non-hydrogen) atoms. The number of benzene rings is 3. The van der Waals surface area contributed by atoms with Gasteiger partial charge in [0.1, 0.15) is 0 Å². The Kier molecular flexibility index (Phi) is 8.13. The molecule has 2 amide bonds. The van der Waals surface area contributed by atoms with Crippen LogP contribution in [0, 0.1) is 0 Å². The summed E-state index contributed by atoms with van der Waals surface area (Å²) in [4.78, 5) is 29.1. The molecule has 4 rings (SSSR count). The molecule has 4 N–H and O–H groups in total. The van der Waals surface area contributed by atoms with Crippen molar-refractivity contribution in [3.8, 4) is 11.3 Å². The maximum atomic E-state index is 13.4. The standard InChI is InChI=1S/C26H27N5O5S2/c1-31(2)22-11-4-10-20-19(22)9-5-12-23(20)38(35,36)30-18-8-3-7-17(15-18)21-16-37-25(28-21)29-24(32)13-6-14-27-26(33)34/h3-5,7-12,15-16,27,30H,6,13-14H2,1-2H3,(H,33,34)(H,28,29,32). The van der Waals surface area contributed by atoms with E-state index in [9.17, 15) is 18.0 Å². The Labute approximate surface area is 224 Å². The molecule has 0 aliphatic carbocycles. The number of thiazole rings is 1. The van der Waals surface area contributed by atoms with Gasteiger partial charge in [0, 0.05) is 60.2 Å². The lowest BCUT2D eigenvalue weighted by atomic mass is 10.1. The van der Waals surface area contributed by atoms with Crippen molar-refractivity contribution < 1.29 is 23.1 Å². The van der Waals surface area contributed by atoms with Crippen molar-refractivity contribution >= 4 is 60.6 Å². The molecule has 0 radical (unpaired) electrons. The van der Waals surface area contributed by atoms with Gasteiger partial charge in [-0.2, -0.15) is 0 Å². The number of sulfonamides is 1. The van der Waals surface area contributed by atoms with E-state index in [0.29, 0.717) is 33.9 Å². The van der Waals surface area contributed by atoms with Gasteiger partial charge in [-0.15, -0.1) is 11.3 Å². The second-order valence-corrected chi connectivity index (χ2v) is 11.1. The molecule has 0 bridgehead atoms. The molecule has 0 aliphatic rings. The highest BCUT2D eigenvalue weighted by Crippen LogP contribution is 2.32. The molecule has 10 nitrogen and oxygen atoms in total. The molecule has 0 fully saturated rings. The molecule has 0 saturated carbocycles. The molecule has 0 unspecified atom stereocenters. The number of carbonyl (C=O) groups excluding carboxylic acids is 1. The summed E-state index contributed by atoms with van der Waals surface area (Å²) < 4.78 is 29.5. The van der Waals surface area contributed by atoms with E-state index in [1.54, 1.807) is 47.8 Å².